The third-order valence-corrected chi connectivity index (χ3v) is 7.83. The van der Waals surface area contributed by atoms with Crippen LogP contribution in [0.5, 0.6) is 17.2 Å². The maximum Gasteiger partial charge on any atom is 0.344 e. The van der Waals surface area contributed by atoms with Gasteiger partial charge in [-0.3, -0.25) is 9.36 Å². The van der Waals surface area contributed by atoms with Crippen molar-refractivity contribution in [3.63, 3.8) is 0 Å². The molecule has 1 atom stereocenters. The molecule has 13 heteroatoms. The highest BCUT2D eigenvalue weighted by molar-refractivity contribution is 7.07. The SMILES string of the molecule is CCOC(=O)COc1c(Cl)cc(Cl)cc1/C=c1/sc2n(c1=O)[C@H](c1ccc(OC(C)C)c(OC)c1)C(C(=O)OCC)=C(C)N=2. The van der Waals surface area contributed by atoms with Gasteiger partial charge in [0.25, 0.3) is 5.56 Å². The van der Waals surface area contributed by atoms with Crippen LogP contribution in [0.3, 0.4) is 0 Å². The lowest BCUT2D eigenvalue weighted by Gasteiger charge is -2.25. The van der Waals surface area contributed by atoms with Crippen LogP contribution in [0.4, 0.5) is 0 Å². The number of carbonyl (C=O) groups excluding carboxylic acids is 2. The number of aromatic nitrogens is 1. The predicted molar refractivity (Wildman–Crippen MR) is 168 cm³/mol. The monoisotopic (exact) mass is 662 g/mol. The Morgan fingerprint density at radius 2 is 1.82 bits per heavy atom. The van der Waals surface area contributed by atoms with E-state index < -0.39 is 30.1 Å². The highest BCUT2D eigenvalue weighted by atomic mass is 35.5. The van der Waals surface area contributed by atoms with Crippen LogP contribution in [0.25, 0.3) is 6.08 Å². The maximum absolute atomic E-state index is 14.1. The second-order valence-electron chi connectivity index (χ2n) is 9.78. The Morgan fingerprint density at radius 3 is 2.48 bits per heavy atom. The van der Waals surface area contributed by atoms with Crippen molar-refractivity contribution in [3.05, 3.63) is 82.5 Å². The molecule has 0 bridgehead atoms. The number of hydrogen-bond acceptors (Lipinski definition) is 10. The lowest BCUT2D eigenvalue weighted by molar-refractivity contribution is -0.145. The maximum atomic E-state index is 14.1. The predicted octanol–water partition coefficient (Wildman–Crippen LogP) is 4.84. The molecule has 1 aliphatic rings. The van der Waals surface area contributed by atoms with Crippen LogP contribution in [0.1, 0.15) is 51.8 Å². The Kier molecular flexibility index (Phi) is 10.8. The van der Waals surface area contributed by atoms with Crippen LogP contribution in [-0.2, 0) is 19.1 Å². The van der Waals surface area contributed by atoms with E-state index in [-0.39, 0.29) is 40.2 Å². The highest BCUT2D eigenvalue weighted by Gasteiger charge is 2.34. The van der Waals surface area contributed by atoms with Crippen LogP contribution in [0, 0.1) is 0 Å². The van der Waals surface area contributed by atoms with Gasteiger partial charge in [-0.25, -0.2) is 14.6 Å². The molecule has 0 N–H and O–H groups in total. The molecule has 0 spiro atoms. The highest BCUT2D eigenvalue weighted by Crippen LogP contribution is 2.37. The number of hydrogen-bond donors (Lipinski definition) is 0. The van der Waals surface area contributed by atoms with E-state index in [1.165, 1.54) is 17.7 Å². The molecule has 2 heterocycles. The van der Waals surface area contributed by atoms with E-state index >= 15 is 0 Å². The van der Waals surface area contributed by atoms with E-state index in [0.717, 1.165) is 11.3 Å². The van der Waals surface area contributed by atoms with Crippen molar-refractivity contribution in [3.8, 4) is 17.2 Å². The van der Waals surface area contributed by atoms with E-state index in [9.17, 15) is 14.4 Å². The quantitative estimate of drug-likeness (QED) is 0.268. The lowest BCUT2D eigenvalue weighted by atomic mass is 9.95. The number of halogens is 2. The summed E-state index contributed by atoms with van der Waals surface area (Å²) >= 11 is 13.8. The van der Waals surface area contributed by atoms with Crippen molar-refractivity contribution < 1.29 is 33.3 Å². The first-order valence-electron chi connectivity index (χ1n) is 13.8. The lowest BCUT2D eigenvalue weighted by Crippen LogP contribution is -2.40. The number of methoxy groups -OCH3 is 1. The molecule has 0 aliphatic carbocycles. The molecular weight excluding hydrogens is 631 g/mol. The molecule has 1 aliphatic heterocycles. The van der Waals surface area contributed by atoms with Gasteiger partial charge < -0.3 is 23.7 Å². The molecule has 3 aromatic rings. The fourth-order valence-electron chi connectivity index (χ4n) is 4.63. The van der Waals surface area contributed by atoms with Gasteiger partial charge in [0.2, 0.25) is 0 Å². The average molecular weight is 664 g/mol. The molecular formula is C31H32Cl2N2O8S. The second-order valence-corrected chi connectivity index (χ2v) is 11.6. The molecule has 0 radical (unpaired) electrons. The summed E-state index contributed by atoms with van der Waals surface area (Å²) in [4.78, 5) is 44.3. The topological polar surface area (TPSA) is 115 Å². The molecule has 0 unspecified atom stereocenters. The minimum atomic E-state index is -0.878. The van der Waals surface area contributed by atoms with Crippen LogP contribution >= 0.6 is 34.5 Å². The molecule has 234 valence electrons. The summed E-state index contributed by atoms with van der Waals surface area (Å²) in [7, 11) is 1.52. The first-order chi connectivity index (χ1) is 21.0. The van der Waals surface area contributed by atoms with Gasteiger partial charge in [0.1, 0.15) is 5.75 Å². The van der Waals surface area contributed by atoms with E-state index in [0.29, 0.717) is 38.1 Å². The largest absolute Gasteiger partial charge is 0.493 e. The molecule has 0 saturated heterocycles. The summed E-state index contributed by atoms with van der Waals surface area (Å²) < 4.78 is 29.2. The van der Waals surface area contributed by atoms with E-state index in [2.05, 4.69) is 4.99 Å². The van der Waals surface area contributed by atoms with Gasteiger partial charge in [-0.15, -0.1) is 0 Å². The Bertz CT molecular complexity index is 1790. The van der Waals surface area contributed by atoms with Gasteiger partial charge in [-0.1, -0.05) is 40.6 Å². The number of esters is 2. The molecule has 44 heavy (non-hydrogen) atoms. The summed E-state index contributed by atoms with van der Waals surface area (Å²) in [6.45, 7) is 8.83. The van der Waals surface area contributed by atoms with Gasteiger partial charge in [-0.05, 0) is 70.5 Å². The molecule has 0 saturated carbocycles. The van der Waals surface area contributed by atoms with Crippen molar-refractivity contribution in [2.24, 2.45) is 4.99 Å². The molecule has 10 nitrogen and oxygen atoms in total. The first-order valence-corrected chi connectivity index (χ1v) is 15.4. The van der Waals surface area contributed by atoms with Gasteiger partial charge >= 0.3 is 11.9 Å². The Morgan fingerprint density at radius 1 is 1.09 bits per heavy atom. The summed E-state index contributed by atoms with van der Waals surface area (Å²) in [5.41, 5.74) is 1.16. The number of ether oxygens (including phenoxy) is 5. The zero-order chi connectivity index (χ0) is 32.1. The third-order valence-electron chi connectivity index (χ3n) is 6.35. The van der Waals surface area contributed by atoms with Gasteiger partial charge in [0.15, 0.2) is 22.9 Å². The second kappa shape index (κ2) is 14.3. The van der Waals surface area contributed by atoms with Crippen LogP contribution in [-0.4, -0.2) is 49.5 Å². The zero-order valence-corrected chi connectivity index (χ0v) is 27.4. The zero-order valence-electron chi connectivity index (χ0n) is 25.1. The minimum absolute atomic E-state index is 0.101. The fraction of sp³-hybridized carbons (Fsp3) is 0.355. The standard InChI is InChI=1S/C31H32Cl2N2O8S/c1-7-40-25(36)15-42-28-19(11-20(32)14-21(28)33)13-24-29(37)35-27(18-9-10-22(43-16(3)4)23(12-18)39-6)26(30(38)41-8-2)17(5)34-31(35)44-24/h9-14,16,27H,7-8,15H2,1-6H3/b24-13+/t27-/m1/s1. The van der Waals surface area contributed by atoms with Crippen LogP contribution < -0.4 is 29.1 Å². The Balaban J connectivity index is 1.92. The molecule has 1 aromatic heterocycles. The Labute approximate surface area is 268 Å². The number of thiazole rings is 1. The molecule has 2 aromatic carbocycles. The third kappa shape index (κ3) is 7.11. The van der Waals surface area contributed by atoms with E-state index in [1.807, 2.05) is 13.8 Å². The summed E-state index contributed by atoms with van der Waals surface area (Å²) in [5.74, 6) is -0.0596. The summed E-state index contributed by atoms with van der Waals surface area (Å²) in [5, 5.41) is 0.446. The van der Waals surface area contributed by atoms with Crippen molar-refractivity contribution in [2.75, 3.05) is 26.9 Å². The normalized spacial score (nSPS) is 14.7. The van der Waals surface area contributed by atoms with Crippen molar-refractivity contribution in [2.45, 2.75) is 46.8 Å². The minimum Gasteiger partial charge on any atom is -0.493 e. The van der Waals surface area contributed by atoms with Crippen molar-refractivity contribution in [1.29, 1.82) is 0 Å². The summed E-state index contributed by atoms with van der Waals surface area (Å²) in [6, 6.07) is 7.41. The average Bonchev–Trinajstić information content (AvgIpc) is 3.25. The smallest absolute Gasteiger partial charge is 0.344 e. The molecule has 0 fully saturated rings. The Hall–Kier alpha value is -3.80. The van der Waals surface area contributed by atoms with Crippen LogP contribution in [0.15, 0.2) is 51.4 Å². The first kappa shape index (κ1) is 33.1. The number of fused-ring (bicyclic) bond motifs is 1. The van der Waals surface area contributed by atoms with Crippen LogP contribution in [0.2, 0.25) is 10.0 Å². The van der Waals surface area contributed by atoms with Crippen molar-refractivity contribution in [1.82, 2.24) is 4.57 Å². The van der Waals surface area contributed by atoms with E-state index in [4.69, 9.17) is 46.9 Å². The number of rotatable bonds is 11. The number of nitrogens with zero attached hydrogens (tertiary/aromatic N) is 2. The van der Waals surface area contributed by atoms with Crippen molar-refractivity contribution >= 4 is 52.6 Å². The van der Waals surface area contributed by atoms with E-state index in [1.54, 1.807) is 51.1 Å². The van der Waals surface area contributed by atoms with Gasteiger partial charge in [-0.2, -0.15) is 0 Å². The number of allylic oxidation sites excluding steroid dienone is 1. The number of benzene rings is 2. The fourth-order valence-corrected chi connectivity index (χ4v) is 6.23. The molecule has 4 rings (SSSR count). The number of carbonyl (C=O) groups is 2. The summed E-state index contributed by atoms with van der Waals surface area (Å²) in [6.07, 6.45) is 1.46. The van der Waals surface area contributed by atoms with Gasteiger partial charge in [0, 0.05) is 10.6 Å². The van der Waals surface area contributed by atoms with Gasteiger partial charge in [0.05, 0.1) is 53.3 Å². The molecule has 0 amide bonds.